The van der Waals surface area contributed by atoms with Crippen LogP contribution in [0.15, 0.2) is 49.2 Å². The molecule has 2 aliphatic rings. The third kappa shape index (κ3) is 4.17. The van der Waals surface area contributed by atoms with Crippen molar-refractivity contribution in [3.63, 3.8) is 0 Å². The fourth-order valence-corrected chi connectivity index (χ4v) is 5.35. The summed E-state index contributed by atoms with van der Waals surface area (Å²) < 4.78 is 2.15. The van der Waals surface area contributed by atoms with Gasteiger partial charge in [0.1, 0.15) is 11.5 Å². The van der Waals surface area contributed by atoms with Crippen molar-refractivity contribution in [3.05, 3.63) is 72.0 Å². The molecule has 1 aliphatic heterocycles. The Balaban J connectivity index is 1.16. The molecule has 4 aromatic rings. The summed E-state index contributed by atoms with van der Waals surface area (Å²) >= 11 is 0. The smallest absolute Gasteiger partial charge is 0.211 e. The van der Waals surface area contributed by atoms with Crippen LogP contribution in [0.5, 0.6) is 0 Å². The fraction of sp³-hybridized carbons (Fsp3) is 0.440. The third-order valence-electron chi connectivity index (χ3n) is 7.10. The second-order valence-electron chi connectivity index (χ2n) is 9.38. The first-order valence-electron chi connectivity index (χ1n) is 12.2. The number of nitrogens with one attached hydrogen (secondary N) is 1. The first-order chi connectivity index (χ1) is 16.7. The molecule has 5 heterocycles. The third-order valence-corrected chi connectivity index (χ3v) is 7.10. The number of anilines is 1. The van der Waals surface area contributed by atoms with Crippen molar-refractivity contribution in [2.45, 2.75) is 38.4 Å². The molecular weight excluding hydrogens is 426 g/mol. The SMILES string of the molecule is CN(Cc1cn2c(N3CCN(Cc4ncc[nH]4)CC3)nccc2n1)[C@H]1CCCc2cccnc21. The van der Waals surface area contributed by atoms with E-state index in [1.54, 1.807) is 0 Å². The van der Waals surface area contributed by atoms with E-state index in [9.17, 15) is 0 Å². The lowest BCUT2D eigenvalue weighted by Crippen LogP contribution is -2.46. The highest BCUT2D eigenvalue weighted by Gasteiger charge is 2.26. The molecule has 0 radical (unpaired) electrons. The van der Waals surface area contributed by atoms with Gasteiger partial charge in [-0.2, -0.15) is 0 Å². The summed E-state index contributed by atoms with van der Waals surface area (Å²) in [5.74, 6) is 1.99. The highest BCUT2D eigenvalue weighted by molar-refractivity contribution is 5.48. The summed E-state index contributed by atoms with van der Waals surface area (Å²) in [4.78, 5) is 29.1. The zero-order chi connectivity index (χ0) is 22.9. The molecule has 0 saturated carbocycles. The van der Waals surface area contributed by atoms with Crippen LogP contribution < -0.4 is 4.90 Å². The molecule has 0 amide bonds. The Kier molecular flexibility index (Phi) is 5.72. The maximum Gasteiger partial charge on any atom is 0.211 e. The maximum atomic E-state index is 4.94. The number of hydrogen-bond donors (Lipinski definition) is 1. The van der Waals surface area contributed by atoms with Gasteiger partial charge in [-0.1, -0.05) is 6.07 Å². The second-order valence-corrected chi connectivity index (χ2v) is 9.38. The molecule has 1 atom stereocenters. The number of H-pyrrole nitrogens is 1. The average molecular weight is 458 g/mol. The van der Waals surface area contributed by atoms with E-state index < -0.39 is 0 Å². The van der Waals surface area contributed by atoms with Gasteiger partial charge in [0.05, 0.1) is 24.0 Å². The Bertz CT molecular complexity index is 1240. The first kappa shape index (κ1) is 21.2. The largest absolute Gasteiger partial charge is 0.348 e. The number of hydrogen-bond acceptors (Lipinski definition) is 7. The summed E-state index contributed by atoms with van der Waals surface area (Å²) in [5.41, 5.74) is 4.64. The molecule has 176 valence electrons. The van der Waals surface area contributed by atoms with Gasteiger partial charge in [0.2, 0.25) is 5.95 Å². The molecule has 0 unspecified atom stereocenters. The molecule has 9 heteroatoms. The predicted octanol–water partition coefficient (Wildman–Crippen LogP) is 2.68. The highest BCUT2D eigenvalue weighted by Crippen LogP contribution is 2.32. The molecule has 4 aromatic heterocycles. The van der Waals surface area contributed by atoms with Crippen LogP contribution in [0, 0.1) is 0 Å². The standard InChI is InChI=1S/C25H31N9/c1-31(21-6-2-4-19-5-3-8-28-24(19)21)16-20-17-34-23(30-20)7-9-29-25(34)33-14-12-32(13-15-33)18-22-26-10-11-27-22/h3,5,7-11,17,21H,2,4,6,12-16,18H2,1H3,(H,26,27)/t21-/m0/s1. The molecule has 1 saturated heterocycles. The van der Waals surface area contributed by atoms with Crippen LogP contribution in [-0.4, -0.2) is 72.3 Å². The molecule has 1 aliphatic carbocycles. The average Bonchev–Trinajstić information content (AvgIpc) is 3.53. The van der Waals surface area contributed by atoms with Crippen LogP contribution in [0.4, 0.5) is 5.95 Å². The Labute approximate surface area is 199 Å². The van der Waals surface area contributed by atoms with Gasteiger partial charge in [-0.25, -0.2) is 15.0 Å². The Morgan fingerprint density at radius 3 is 2.82 bits per heavy atom. The van der Waals surface area contributed by atoms with E-state index in [2.05, 4.69) is 54.4 Å². The maximum absolute atomic E-state index is 4.94. The summed E-state index contributed by atoms with van der Waals surface area (Å²) in [6.45, 7) is 5.49. The summed E-state index contributed by atoms with van der Waals surface area (Å²) in [7, 11) is 2.19. The minimum absolute atomic E-state index is 0.342. The van der Waals surface area contributed by atoms with Crippen molar-refractivity contribution < 1.29 is 0 Å². The molecule has 1 N–H and O–H groups in total. The molecular formula is C25H31N9. The second kappa shape index (κ2) is 9.15. The van der Waals surface area contributed by atoms with Crippen molar-refractivity contribution in [1.82, 2.24) is 39.1 Å². The van der Waals surface area contributed by atoms with Crippen LogP contribution in [0.2, 0.25) is 0 Å². The number of piperazine rings is 1. The fourth-order valence-electron chi connectivity index (χ4n) is 5.35. The van der Waals surface area contributed by atoms with Crippen molar-refractivity contribution in [1.29, 1.82) is 0 Å². The van der Waals surface area contributed by atoms with Crippen LogP contribution in [-0.2, 0) is 19.5 Å². The molecule has 1 fully saturated rings. The van der Waals surface area contributed by atoms with Crippen LogP contribution >= 0.6 is 0 Å². The predicted molar refractivity (Wildman–Crippen MR) is 130 cm³/mol. The topological polar surface area (TPSA) is 81.5 Å². The van der Waals surface area contributed by atoms with Gasteiger partial charge < -0.3 is 9.88 Å². The summed E-state index contributed by atoms with van der Waals surface area (Å²) in [6, 6.07) is 6.61. The van der Waals surface area contributed by atoms with Crippen LogP contribution in [0.1, 0.15) is 41.7 Å². The number of imidazole rings is 2. The lowest BCUT2D eigenvalue weighted by molar-refractivity contribution is 0.206. The van der Waals surface area contributed by atoms with Gasteiger partial charge in [0.25, 0.3) is 0 Å². The van der Waals surface area contributed by atoms with Gasteiger partial charge in [-0.05, 0) is 44.0 Å². The number of aromatic nitrogens is 6. The van der Waals surface area contributed by atoms with Gasteiger partial charge >= 0.3 is 0 Å². The number of fused-ring (bicyclic) bond motifs is 2. The van der Waals surface area contributed by atoms with Crippen molar-refractivity contribution >= 4 is 11.6 Å². The molecule has 0 spiro atoms. The zero-order valence-electron chi connectivity index (χ0n) is 19.6. The van der Waals surface area contributed by atoms with E-state index in [-0.39, 0.29) is 0 Å². The van der Waals surface area contributed by atoms with E-state index in [4.69, 9.17) is 15.0 Å². The van der Waals surface area contributed by atoms with Crippen molar-refractivity contribution in [3.8, 4) is 0 Å². The van der Waals surface area contributed by atoms with E-state index in [1.807, 2.05) is 30.9 Å². The summed E-state index contributed by atoms with van der Waals surface area (Å²) in [5, 5.41) is 0. The number of aryl methyl sites for hydroxylation is 1. The van der Waals surface area contributed by atoms with E-state index in [0.29, 0.717) is 6.04 Å². The van der Waals surface area contributed by atoms with Gasteiger partial charge in [0, 0.05) is 63.7 Å². The van der Waals surface area contributed by atoms with Gasteiger partial charge in [0.15, 0.2) is 0 Å². The van der Waals surface area contributed by atoms with Crippen molar-refractivity contribution in [2.75, 3.05) is 38.1 Å². The Morgan fingerprint density at radius 1 is 1.06 bits per heavy atom. The number of nitrogens with zero attached hydrogens (tertiary/aromatic N) is 8. The van der Waals surface area contributed by atoms with E-state index in [0.717, 1.165) is 75.2 Å². The normalized spacial score (nSPS) is 19.1. The van der Waals surface area contributed by atoms with E-state index >= 15 is 0 Å². The van der Waals surface area contributed by atoms with Gasteiger partial charge in [-0.3, -0.25) is 19.2 Å². The quantitative estimate of drug-likeness (QED) is 0.477. The monoisotopic (exact) mass is 457 g/mol. The first-order valence-corrected chi connectivity index (χ1v) is 12.2. The Morgan fingerprint density at radius 2 is 1.97 bits per heavy atom. The minimum Gasteiger partial charge on any atom is -0.348 e. The van der Waals surface area contributed by atoms with Crippen LogP contribution in [0.3, 0.4) is 0 Å². The molecule has 0 bridgehead atoms. The lowest BCUT2D eigenvalue weighted by atomic mass is 9.91. The highest BCUT2D eigenvalue weighted by atomic mass is 15.3. The number of aromatic amines is 1. The number of pyridine rings is 1. The van der Waals surface area contributed by atoms with Crippen LogP contribution in [0.25, 0.3) is 5.65 Å². The molecule has 9 nitrogen and oxygen atoms in total. The van der Waals surface area contributed by atoms with Gasteiger partial charge in [-0.15, -0.1) is 0 Å². The lowest BCUT2D eigenvalue weighted by Gasteiger charge is -2.34. The zero-order valence-corrected chi connectivity index (χ0v) is 19.6. The molecule has 6 rings (SSSR count). The minimum atomic E-state index is 0.342. The van der Waals surface area contributed by atoms with Crippen molar-refractivity contribution in [2.24, 2.45) is 0 Å². The molecule has 34 heavy (non-hydrogen) atoms. The summed E-state index contributed by atoms with van der Waals surface area (Å²) in [6.07, 6.45) is 13.1. The number of rotatable bonds is 6. The molecule has 0 aromatic carbocycles. The Hall–Kier alpha value is -3.30. The van der Waals surface area contributed by atoms with E-state index in [1.165, 1.54) is 17.7 Å².